The molecule has 112 valence electrons. The normalized spacial score (nSPS) is 25.3. The molecule has 0 spiro atoms. The van der Waals surface area contributed by atoms with Gasteiger partial charge in [-0.15, -0.1) is 0 Å². The van der Waals surface area contributed by atoms with Gasteiger partial charge in [0.2, 0.25) is 5.91 Å². The van der Waals surface area contributed by atoms with E-state index >= 15 is 0 Å². The third kappa shape index (κ3) is 2.94. The largest absolute Gasteiger partial charge is 0.369 e. The van der Waals surface area contributed by atoms with Crippen LogP contribution in [0.3, 0.4) is 0 Å². The number of carbonyl (C=O) groups is 2. The Bertz CT molecular complexity index is 534. The summed E-state index contributed by atoms with van der Waals surface area (Å²) in [6.07, 6.45) is 6.38. The van der Waals surface area contributed by atoms with E-state index in [1.807, 2.05) is 12.1 Å². The molecule has 3 N–H and O–H groups in total. The number of amides is 2. The molecule has 2 aliphatic rings. The fraction of sp³-hybridized carbons (Fsp3) is 0.529. The van der Waals surface area contributed by atoms with Gasteiger partial charge in [0.1, 0.15) is 0 Å². The summed E-state index contributed by atoms with van der Waals surface area (Å²) in [4.78, 5) is 23.6. The molecule has 0 radical (unpaired) electrons. The van der Waals surface area contributed by atoms with Crippen molar-refractivity contribution in [2.45, 2.75) is 50.5 Å². The number of hydrogen-bond acceptors (Lipinski definition) is 2. The van der Waals surface area contributed by atoms with E-state index in [9.17, 15) is 9.59 Å². The summed E-state index contributed by atoms with van der Waals surface area (Å²) in [7, 11) is 0. The van der Waals surface area contributed by atoms with Crippen molar-refractivity contribution < 1.29 is 9.59 Å². The molecule has 21 heavy (non-hydrogen) atoms. The van der Waals surface area contributed by atoms with Crippen LogP contribution < -0.4 is 11.1 Å². The molecule has 2 aliphatic carbocycles. The molecule has 0 aliphatic heterocycles. The Kier molecular flexibility index (Phi) is 3.95. The van der Waals surface area contributed by atoms with Crippen molar-refractivity contribution >= 4 is 11.8 Å². The topological polar surface area (TPSA) is 72.2 Å². The highest BCUT2D eigenvalue weighted by Gasteiger charge is 2.32. The molecule has 0 bridgehead atoms. The maximum atomic E-state index is 12.3. The van der Waals surface area contributed by atoms with Crippen LogP contribution in [0.2, 0.25) is 0 Å². The SMILES string of the molecule is NC(=O)[C@H]1CCC[C@H]1NC(=O)c1ccc(C2CCC2)cc1. The van der Waals surface area contributed by atoms with E-state index in [4.69, 9.17) is 5.73 Å². The number of nitrogens with one attached hydrogen (secondary N) is 1. The Morgan fingerprint density at radius 1 is 1.00 bits per heavy atom. The average molecular weight is 286 g/mol. The predicted molar refractivity (Wildman–Crippen MR) is 80.8 cm³/mol. The monoisotopic (exact) mass is 286 g/mol. The Labute approximate surface area is 125 Å². The minimum atomic E-state index is -0.307. The van der Waals surface area contributed by atoms with Crippen molar-refractivity contribution in [3.05, 3.63) is 35.4 Å². The number of carbonyl (C=O) groups excluding carboxylic acids is 2. The second kappa shape index (κ2) is 5.88. The first kappa shape index (κ1) is 14.1. The molecule has 2 atom stereocenters. The van der Waals surface area contributed by atoms with Gasteiger partial charge in [0.05, 0.1) is 5.92 Å². The van der Waals surface area contributed by atoms with Gasteiger partial charge in [0, 0.05) is 11.6 Å². The van der Waals surface area contributed by atoms with Gasteiger partial charge in [-0.1, -0.05) is 25.0 Å². The Balaban J connectivity index is 1.63. The van der Waals surface area contributed by atoms with E-state index in [1.165, 1.54) is 24.8 Å². The molecule has 4 heteroatoms. The fourth-order valence-corrected chi connectivity index (χ4v) is 3.37. The van der Waals surface area contributed by atoms with Crippen LogP contribution >= 0.6 is 0 Å². The van der Waals surface area contributed by atoms with E-state index in [0.29, 0.717) is 11.5 Å². The summed E-state index contributed by atoms with van der Waals surface area (Å²) in [6.45, 7) is 0. The summed E-state index contributed by atoms with van der Waals surface area (Å²) in [5, 5.41) is 2.96. The Morgan fingerprint density at radius 3 is 2.24 bits per heavy atom. The van der Waals surface area contributed by atoms with Crippen molar-refractivity contribution in [1.29, 1.82) is 0 Å². The lowest BCUT2D eigenvalue weighted by molar-refractivity contribution is -0.122. The maximum Gasteiger partial charge on any atom is 0.251 e. The van der Waals surface area contributed by atoms with Crippen molar-refractivity contribution in [3.8, 4) is 0 Å². The molecule has 0 saturated heterocycles. The molecule has 0 aromatic heterocycles. The molecule has 2 saturated carbocycles. The Morgan fingerprint density at radius 2 is 1.67 bits per heavy atom. The molecular weight excluding hydrogens is 264 g/mol. The van der Waals surface area contributed by atoms with Crippen molar-refractivity contribution in [1.82, 2.24) is 5.32 Å². The number of primary amides is 1. The fourth-order valence-electron chi connectivity index (χ4n) is 3.37. The number of rotatable bonds is 4. The van der Waals surface area contributed by atoms with E-state index < -0.39 is 0 Å². The third-order valence-corrected chi connectivity index (χ3v) is 4.95. The van der Waals surface area contributed by atoms with Crippen LogP contribution in [0.25, 0.3) is 0 Å². The summed E-state index contributed by atoms with van der Waals surface area (Å²) in [6, 6.07) is 7.77. The van der Waals surface area contributed by atoms with E-state index in [-0.39, 0.29) is 23.8 Å². The summed E-state index contributed by atoms with van der Waals surface area (Å²) < 4.78 is 0. The molecular formula is C17H22N2O2. The highest BCUT2D eigenvalue weighted by Crippen LogP contribution is 2.36. The molecule has 0 unspecified atom stereocenters. The smallest absolute Gasteiger partial charge is 0.251 e. The van der Waals surface area contributed by atoms with Crippen LogP contribution in [-0.4, -0.2) is 17.9 Å². The van der Waals surface area contributed by atoms with Crippen LogP contribution in [-0.2, 0) is 4.79 Å². The minimum Gasteiger partial charge on any atom is -0.369 e. The zero-order valence-electron chi connectivity index (χ0n) is 12.2. The van der Waals surface area contributed by atoms with Crippen LogP contribution in [0.4, 0.5) is 0 Å². The van der Waals surface area contributed by atoms with Crippen LogP contribution in [0.5, 0.6) is 0 Å². The van der Waals surface area contributed by atoms with Gasteiger partial charge in [-0.2, -0.15) is 0 Å². The van der Waals surface area contributed by atoms with Gasteiger partial charge in [0.15, 0.2) is 0 Å². The van der Waals surface area contributed by atoms with Gasteiger partial charge in [-0.05, 0) is 49.3 Å². The lowest BCUT2D eigenvalue weighted by Gasteiger charge is -2.25. The maximum absolute atomic E-state index is 12.3. The number of benzene rings is 1. The molecule has 2 fully saturated rings. The van der Waals surface area contributed by atoms with Crippen molar-refractivity contribution in [2.75, 3.05) is 0 Å². The first-order valence-corrected chi connectivity index (χ1v) is 7.85. The predicted octanol–water partition coefficient (Wildman–Crippen LogP) is 2.34. The summed E-state index contributed by atoms with van der Waals surface area (Å²) in [5.41, 5.74) is 7.38. The zero-order valence-corrected chi connectivity index (χ0v) is 12.2. The van der Waals surface area contributed by atoms with Gasteiger partial charge < -0.3 is 11.1 Å². The first-order chi connectivity index (χ1) is 10.1. The molecule has 2 amide bonds. The lowest BCUT2D eigenvalue weighted by atomic mass is 9.80. The van der Waals surface area contributed by atoms with Crippen LogP contribution in [0, 0.1) is 5.92 Å². The van der Waals surface area contributed by atoms with Crippen molar-refractivity contribution in [2.24, 2.45) is 11.7 Å². The van der Waals surface area contributed by atoms with E-state index in [2.05, 4.69) is 17.4 Å². The van der Waals surface area contributed by atoms with Gasteiger partial charge in [-0.3, -0.25) is 9.59 Å². The van der Waals surface area contributed by atoms with Crippen LogP contribution in [0.1, 0.15) is 60.4 Å². The molecule has 1 aromatic carbocycles. The van der Waals surface area contributed by atoms with Crippen LogP contribution in [0.15, 0.2) is 24.3 Å². The van der Waals surface area contributed by atoms with Gasteiger partial charge in [0.25, 0.3) is 5.91 Å². The van der Waals surface area contributed by atoms with Gasteiger partial charge in [-0.25, -0.2) is 0 Å². The zero-order chi connectivity index (χ0) is 14.8. The standard InChI is InChI=1S/C17H22N2O2/c18-16(20)14-5-2-6-15(14)19-17(21)13-9-7-12(8-10-13)11-3-1-4-11/h7-11,14-15H,1-6H2,(H2,18,20)(H,19,21)/t14-,15+/m0/s1. The highest BCUT2D eigenvalue weighted by molar-refractivity contribution is 5.94. The summed E-state index contributed by atoms with van der Waals surface area (Å²) in [5.74, 6) is 0.0471. The second-order valence-corrected chi connectivity index (χ2v) is 6.27. The molecule has 0 heterocycles. The quantitative estimate of drug-likeness (QED) is 0.891. The van der Waals surface area contributed by atoms with Crippen molar-refractivity contribution in [3.63, 3.8) is 0 Å². The lowest BCUT2D eigenvalue weighted by Crippen LogP contribution is -2.42. The second-order valence-electron chi connectivity index (χ2n) is 6.27. The molecule has 1 aromatic rings. The number of hydrogen-bond donors (Lipinski definition) is 2. The third-order valence-electron chi connectivity index (χ3n) is 4.95. The van der Waals surface area contributed by atoms with E-state index in [1.54, 1.807) is 0 Å². The summed E-state index contributed by atoms with van der Waals surface area (Å²) >= 11 is 0. The Hall–Kier alpha value is -1.84. The average Bonchev–Trinajstić information content (AvgIpc) is 2.86. The van der Waals surface area contributed by atoms with E-state index in [0.717, 1.165) is 19.3 Å². The highest BCUT2D eigenvalue weighted by atomic mass is 16.2. The minimum absolute atomic E-state index is 0.103. The van der Waals surface area contributed by atoms with Gasteiger partial charge >= 0.3 is 0 Å². The number of nitrogens with two attached hydrogens (primary N) is 1. The molecule has 3 rings (SSSR count). The molecule has 4 nitrogen and oxygen atoms in total. The first-order valence-electron chi connectivity index (χ1n) is 7.85.